The Labute approximate surface area is 87.3 Å². The Kier molecular flexibility index (Phi) is 1.73. The fourth-order valence-electron chi connectivity index (χ4n) is 1.50. The van der Waals surface area contributed by atoms with Crippen LogP contribution in [0.25, 0.3) is 0 Å². The summed E-state index contributed by atoms with van der Waals surface area (Å²) in [4.78, 5) is 22.8. The number of nitrogens with zero attached hydrogens (tertiary/aromatic N) is 2. The van der Waals surface area contributed by atoms with Gasteiger partial charge in [0.2, 0.25) is 0 Å². The zero-order chi connectivity index (χ0) is 9.75. The normalized spacial score (nSPS) is 11.3. The molecule has 0 aliphatic heterocycles. The van der Waals surface area contributed by atoms with Crippen molar-refractivity contribution in [3.8, 4) is 0 Å². The number of halogens is 1. The maximum Gasteiger partial charge on any atom is 0.288 e. The van der Waals surface area contributed by atoms with Gasteiger partial charge in [-0.1, -0.05) is 0 Å². The largest absolute Gasteiger partial charge is 0.288 e. The molecule has 0 N–H and O–H groups in total. The lowest BCUT2D eigenvalue weighted by molar-refractivity contribution is 0.768. The van der Waals surface area contributed by atoms with Gasteiger partial charge in [0.15, 0.2) is 0 Å². The Balaban J connectivity index is 3.24. The smallest absolute Gasteiger partial charge is 0.267 e. The van der Waals surface area contributed by atoms with Crippen LogP contribution in [-0.4, -0.2) is 9.03 Å². The van der Waals surface area contributed by atoms with Crippen LogP contribution in [0.4, 0.5) is 0 Å². The maximum absolute atomic E-state index is 11.5. The molecular weight excluding hydrogens is 283 g/mol. The molecule has 0 unspecified atom stereocenters. The van der Waals surface area contributed by atoms with Crippen molar-refractivity contribution >= 4 is 22.6 Å². The maximum atomic E-state index is 11.5. The highest BCUT2D eigenvalue weighted by molar-refractivity contribution is 14.1. The summed E-state index contributed by atoms with van der Waals surface area (Å²) in [7, 11) is 0. The monoisotopic (exact) mass is 290 g/mol. The van der Waals surface area contributed by atoms with Crippen LogP contribution >= 0.6 is 22.6 Å². The van der Waals surface area contributed by atoms with E-state index < -0.39 is 0 Å². The molecule has 0 fully saturated rings. The summed E-state index contributed by atoms with van der Waals surface area (Å²) in [5.74, 6) is 0. The van der Waals surface area contributed by atoms with E-state index in [0.717, 1.165) is 15.9 Å². The zero-order valence-corrected chi connectivity index (χ0v) is 9.32. The minimum absolute atomic E-state index is 0.226. The molecule has 0 aliphatic rings. The highest BCUT2D eigenvalue weighted by Crippen LogP contribution is 2.07. The molecule has 2 aromatic rings. The predicted octanol–water partition coefficient (Wildman–Crippen LogP) is 0.418. The number of fused-ring (bicyclic) bond motifs is 1. The molecule has 13 heavy (non-hydrogen) atoms. The van der Waals surface area contributed by atoms with Crippen molar-refractivity contribution in [1.82, 2.24) is 9.03 Å². The van der Waals surface area contributed by atoms with Gasteiger partial charge in [0.25, 0.3) is 11.1 Å². The number of rotatable bonds is 0. The van der Waals surface area contributed by atoms with E-state index in [0.29, 0.717) is 3.57 Å². The molecule has 0 spiro atoms. The molecule has 0 amide bonds. The van der Waals surface area contributed by atoms with Crippen molar-refractivity contribution in [2.24, 2.45) is 0 Å². The fraction of sp³-hybridized carbons (Fsp3) is 0.250. The van der Waals surface area contributed by atoms with Crippen molar-refractivity contribution < 1.29 is 0 Å². The molecule has 0 radical (unpaired) electrons. The lowest BCUT2D eigenvalue weighted by Gasteiger charge is -1.92. The first kappa shape index (κ1) is 8.74. The van der Waals surface area contributed by atoms with Gasteiger partial charge in [0, 0.05) is 11.8 Å². The molecule has 0 aliphatic carbocycles. The van der Waals surface area contributed by atoms with E-state index in [2.05, 4.69) is 0 Å². The van der Waals surface area contributed by atoms with Crippen LogP contribution in [0.2, 0.25) is 0 Å². The molecule has 2 rings (SSSR count). The van der Waals surface area contributed by atoms with Crippen molar-refractivity contribution in [1.29, 1.82) is 0 Å². The van der Waals surface area contributed by atoms with Crippen LogP contribution in [0.5, 0.6) is 0 Å². The first-order valence-corrected chi connectivity index (χ1v) is 4.85. The molecule has 0 atom stereocenters. The second-order valence-electron chi connectivity index (χ2n) is 2.95. The van der Waals surface area contributed by atoms with Crippen LogP contribution in [0.3, 0.4) is 0 Å². The van der Waals surface area contributed by atoms with Crippen molar-refractivity contribution in [3.05, 3.63) is 41.7 Å². The van der Waals surface area contributed by atoms with Gasteiger partial charge >= 0.3 is 0 Å². The number of hydrogen-bond donors (Lipinski definition) is 0. The molecular formula is C8H7IN2O2. The second-order valence-corrected chi connectivity index (χ2v) is 4.03. The Morgan fingerprint density at radius 1 is 1.23 bits per heavy atom. The van der Waals surface area contributed by atoms with Crippen LogP contribution in [0, 0.1) is 17.4 Å². The van der Waals surface area contributed by atoms with Gasteiger partial charge in [-0.2, -0.15) is 4.52 Å². The van der Waals surface area contributed by atoms with Crippen molar-refractivity contribution in [2.75, 3.05) is 0 Å². The Hall–Kier alpha value is -0.850. The highest BCUT2D eigenvalue weighted by Gasteiger charge is 2.14. The first-order valence-electron chi connectivity index (χ1n) is 3.77. The average Bonchev–Trinajstić information content (AvgIpc) is 2.47. The van der Waals surface area contributed by atoms with Gasteiger partial charge in [0.05, 0.1) is 5.69 Å². The highest BCUT2D eigenvalue weighted by atomic mass is 127. The van der Waals surface area contributed by atoms with Gasteiger partial charge in [-0.3, -0.25) is 14.1 Å². The molecule has 2 heterocycles. The van der Waals surface area contributed by atoms with E-state index in [1.807, 2.05) is 36.4 Å². The van der Waals surface area contributed by atoms with E-state index in [1.165, 1.54) is 6.07 Å². The second kappa shape index (κ2) is 2.57. The van der Waals surface area contributed by atoms with Crippen molar-refractivity contribution in [2.45, 2.75) is 13.8 Å². The standard InChI is InChI=1S/C8H7IN2O2/c1-4-3-6(12)11-8(13)7(9)5(2)10(4)11/h3H,1-2H3. The first-order chi connectivity index (χ1) is 6.04. The van der Waals surface area contributed by atoms with Gasteiger partial charge < -0.3 is 0 Å². The van der Waals surface area contributed by atoms with E-state index >= 15 is 0 Å². The number of aromatic nitrogens is 2. The quantitative estimate of drug-likeness (QED) is 0.660. The van der Waals surface area contributed by atoms with E-state index in [-0.39, 0.29) is 11.1 Å². The molecule has 5 heteroatoms. The Morgan fingerprint density at radius 2 is 1.85 bits per heavy atom. The summed E-state index contributed by atoms with van der Waals surface area (Å²) in [5, 5.41) is 0. The minimum Gasteiger partial charge on any atom is -0.267 e. The van der Waals surface area contributed by atoms with Gasteiger partial charge in [0.1, 0.15) is 3.57 Å². The predicted molar refractivity (Wildman–Crippen MR) is 56.8 cm³/mol. The zero-order valence-electron chi connectivity index (χ0n) is 7.17. The number of hydrogen-bond acceptors (Lipinski definition) is 2. The fourth-order valence-corrected chi connectivity index (χ4v) is 1.96. The summed E-state index contributed by atoms with van der Waals surface area (Å²) in [6.45, 7) is 3.64. The van der Waals surface area contributed by atoms with Gasteiger partial charge in [-0.05, 0) is 36.4 Å². The third-order valence-corrected chi connectivity index (χ3v) is 3.33. The van der Waals surface area contributed by atoms with Gasteiger partial charge in [-0.15, -0.1) is 0 Å². The van der Waals surface area contributed by atoms with Crippen LogP contribution in [-0.2, 0) is 0 Å². The average molecular weight is 290 g/mol. The summed E-state index contributed by atoms with van der Waals surface area (Å²) >= 11 is 1.96. The Morgan fingerprint density at radius 3 is 2.38 bits per heavy atom. The summed E-state index contributed by atoms with van der Waals surface area (Å²) < 4.78 is 3.41. The minimum atomic E-state index is -0.256. The Bertz CT molecular complexity index is 582. The molecule has 0 saturated heterocycles. The van der Waals surface area contributed by atoms with E-state index in [1.54, 1.807) is 4.52 Å². The summed E-state index contributed by atoms with van der Waals surface area (Å²) in [6, 6.07) is 1.46. The summed E-state index contributed by atoms with van der Waals surface area (Å²) in [6.07, 6.45) is 0. The van der Waals surface area contributed by atoms with Crippen molar-refractivity contribution in [3.63, 3.8) is 0 Å². The van der Waals surface area contributed by atoms with Crippen LogP contribution in [0.15, 0.2) is 15.7 Å². The third-order valence-electron chi connectivity index (χ3n) is 2.09. The van der Waals surface area contributed by atoms with Crippen LogP contribution in [0.1, 0.15) is 11.4 Å². The topological polar surface area (TPSA) is 43.0 Å². The van der Waals surface area contributed by atoms with E-state index in [9.17, 15) is 9.59 Å². The van der Waals surface area contributed by atoms with E-state index in [4.69, 9.17) is 0 Å². The molecule has 0 saturated carbocycles. The molecule has 0 aromatic carbocycles. The molecule has 2 aromatic heterocycles. The molecule has 0 bridgehead atoms. The van der Waals surface area contributed by atoms with Gasteiger partial charge in [-0.25, -0.2) is 0 Å². The third kappa shape index (κ3) is 0.962. The van der Waals surface area contributed by atoms with Crippen LogP contribution < -0.4 is 11.1 Å². The lowest BCUT2D eigenvalue weighted by atomic mass is 10.4. The summed E-state index contributed by atoms with van der Waals surface area (Å²) in [5.41, 5.74) is 1.14. The molecule has 4 nitrogen and oxygen atoms in total. The SMILES string of the molecule is Cc1cc(=O)n2c(=O)c(I)c(C)n12. The number of aryl methyl sites for hydroxylation is 2. The lowest BCUT2D eigenvalue weighted by Crippen LogP contribution is -2.22. The molecule has 68 valence electrons.